The highest BCUT2D eigenvalue weighted by molar-refractivity contribution is 9.10. The average Bonchev–Trinajstić information content (AvgIpc) is 3.05. The summed E-state index contributed by atoms with van der Waals surface area (Å²) in [7, 11) is 0. The van der Waals surface area contributed by atoms with Crippen molar-refractivity contribution in [1.29, 1.82) is 0 Å². The molecule has 0 N–H and O–H groups in total. The molecule has 164 valence electrons. The molecule has 3 amide bonds. The molecule has 2 heterocycles. The summed E-state index contributed by atoms with van der Waals surface area (Å²) in [6, 6.07) is 13.4. The Hall–Kier alpha value is -2.84. The van der Waals surface area contributed by atoms with Gasteiger partial charge in [0.1, 0.15) is 18.9 Å². The van der Waals surface area contributed by atoms with Gasteiger partial charge in [-0.15, -0.1) is 0 Å². The van der Waals surface area contributed by atoms with Crippen LogP contribution in [0.4, 0.5) is 4.79 Å². The minimum Gasteiger partial charge on any atom is -0.488 e. The van der Waals surface area contributed by atoms with E-state index in [-0.39, 0.29) is 12.5 Å². The van der Waals surface area contributed by atoms with Crippen LogP contribution in [0.3, 0.4) is 0 Å². The van der Waals surface area contributed by atoms with Crippen LogP contribution in [-0.4, -0.2) is 46.5 Å². The van der Waals surface area contributed by atoms with E-state index in [0.717, 1.165) is 38.7 Å². The van der Waals surface area contributed by atoms with Gasteiger partial charge in [-0.1, -0.05) is 43.0 Å². The molecule has 6 nitrogen and oxygen atoms in total. The number of carbonyl (C=O) groups excluding carboxylic acids is 3. The Labute approximate surface area is 199 Å². The van der Waals surface area contributed by atoms with Gasteiger partial charge in [0.25, 0.3) is 11.1 Å². The lowest BCUT2D eigenvalue weighted by Gasteiger charge is -2.29. The van der Waals surface area contributed by atoms with E-state index in [1.807, 2.05) is 24.3 Å². The molecule has 32 heavy (non-hydrogen) atoms. The molecule has 2 aliphatic rings. The third-order valence-electron chi connectivity index (χ3n) is 5.26. The van der Waals surface area contributed by atoms with Gasteiger partial charge in [-0.3, -0.25) is 19.3 Å². The number of thioether (sulfide) groups is 1. The van der Waals surface area contributed by atoms with Crippen LogP contribution in [0.25, 0.3) is 6.08 Å². The summed E-state index contributed by atoms with van der Waals surface area (Å²) in [5, 5.41) is -0.433. The van der Waals surface area contributed by atoms with Crippen LogP contribution in [0.2, 0.25) is 0 Å². The Morgan fingerprint density at radius 3 is 2.72 bits per heavy atom. The zero-order valence-corrected chi connectivity index (χ0v) is 19.7. The van der Waals surface area contributed by atoms with Gasteiger partial charge in [0.2, 0.25) is 5.91 Å². The van der Waals surface area contributed by atoms with Gasteiger partial charge >= 0.3 is 0 Å². The van der Waals surface area contributed by atoms with Gasteiger partial charge in [-0.05, 0) is 69.0 Å². The third-order valence-corrected chi connectivity index (χ3v) is 6.79. The molecule has 0 saturated carbocycles. The van der Waals surface area contributed by atoms with Gasteiger partial charge in [-0.25, -0.2) is 0 Å². The average molecular weight is 513 g/mol. The Bertz CT molecular complexity index is 1130. The summed E-state index contributed by atoms with van der Waals surface area (Å²) in [5.41, 5.74) is 3.08. The lowest BCUT2D eigenvalue weighted by molar-refractivity contribution is -0.136. The first-order chi connectivity index (χ1) is 15.5. The summed E-state index contributed by atoms with van der Waals surface area (Å²) in [5.74, 6) is -0.0211. The Morgan fingerprint density at radius 2 is 1.97 bits per heavy atom. The lowest BCUT2D eigenvalue weighted by atomic mass is 10.00. The number of nitrogens with zero attached hydrogens (tertiary/aromatic N) is 2. The molecule has 0 unspecified atom stereocenters. The van der Waals surface area contributed by atoms with Crippen molar-refractivity contribution in [3.05, 3.63) is 81.2 Å². The molecule has 0 radical (unpaired) electrons. The first-order valence-corrected chi connectivity index (χ1v) is 11.7. The van der Waals surface area contributed by atoms with E-state index in [9.17, 15) is 14.4 Å². The zero-order valence-electron chi connectivity index (χ0n) is 17.3. The summed E-state index contributed by atoms with van der Waals surface area (Å²) < 4.78 is 6.26. The van der Waals surface area contributed by atoms with Crippen LogP contribution in [0, 0.1) is 0 Å². The molecular weight excluding hydrogens is 492 g/mol. The highest BCUT2D eigenvalue weighted by Crippen LogP contribution is 2.34. The van der Waals surface area contributed by atoms with Gasteiger partial charge in [0.15, 0.2) is 0 Å². The number of hydrogen-bond donors (Lipinski definition) is 0. The number of imide groups is 1. The number of hydrogen-bond acceptors (Lipinski definition) is 5. The van der Waals surface area contributed by atoms with Gasteiger partial charge in [0, 0.05) is 13.1 Å². The molecule has 0 atom stereocenters. The van der Waals surface area contributed by atoms with E-state index < -0.39 is 11.1 Å². The minimum atomic E-state index is -0.450. The van der Waals surface area contributed by atoms with Crippen molar-refractivity contribution in [2.75, 3.05) is 19.7 Å². The Kier molecular flexibility index (Phi) is 6.81. The SMILES string of the molecule is C=CCOc1ccc(/C=C2\SC(=O)N(CC(=O)N3CCc4ccccc4C3)C2=O)cc1Br. The summed E-state index contributed by atoms with van der Waals surface area (Å²) in [4.78, 5) is 41.1. The predicted octanol–water partition coefficient (Wildman–Crippen LogP) is 4.64. The second kappa shape index (κ2) is 9.75. The van der Waals surface area contributed by atoms with Crippen LogP contribution in [-0.2, 0) is 22.6 Å². The fourth-order valence-electron chi connectivity index (χ4n) is 3.60. The molecule has 0 spiro atoms. The molecule has 8 heteroatoms. The maximum atomic E-state index is 12.8. The third kappa shape index (κ3) is 4.81. The Morgan fingerprint density at radius 1 is 1.19 bits per heavy atom. The van der Waals surface area contributed by atoms with Crippen LogP contribution in [0.5, 0.6) is 5.75 Å². The van der Waals surface area contributed by atoms with E-state index >= 15 is 0 Å². The van der Waals surface area contributed by atoms with E-state index in [4.69, 9.17) is 4.74 Å². The van der Waals surface area contributed by atoms with Crippen molar-refractivity contribution in [1.82, 2.24) is 9.80 Å². The van der Waals surface area contributed by atoms with Crippen LogP contribution < -0.4 is 4.74 Å². The van der Waals surface area contributed by atoms with Crippen molar-refractivity contribution in [2.45, 2.75) is 13.0 Å². The normalized spacial score (nSPS) is 17.0. The predicted molar refractivity (Wildman–Crippen MR) is 128 cm³/mol. The molecule has 4 rings (SSSR count). The second-order valence-electron chi connectivity index (χ2n) is 7.39. The van der Waals surface area contributed by atoms with E-state index in [0.29, 0.717) is 30.4 Å². The highest BCUT2D eigenvalue weighted by atomic mass is 79.9. The molecule has 2 aromatic carbocycles. The fraction of sp³-hybridized carbons (Fsp3) is 0.208. The smallest absolute Gasteiger partial charge is 0.294 e. The van der Waals surface area contributed by atoms with Crippen molar-refractivity contribution >= 4 is 50.8 Å². The molecule has 0 aromatic heterocycles. The maximum Gasteiger partial charge on any atom is 0.294 e. The topological polar surface area (TPSA) is 66.9 Å². The van der Waals surface area contributed by atoms with Crippen LogP contribution >= 0.6 is 27.7 Å². The summed E-state index contributed by atoms with van der Waals surface area (Å²) in [6.45, 7) is 4.83. The fourth-order valence-corrected chi connectivity index (χ4v) is 4.95. The molecule has 2 aromatic rings. The van der Waals surface area contributed by atoms with E-state index in [2.05, 4.69) is 28.6 Å². The summed E-state index contributed by atoms with van der Waals surface area (Å²) in [6.07, 6.45) is 4.07. The first kappa shape index (κ1) is 22.4. The monoisotopic (exact) mass is 512 g/mol. The van der Waals surface area contributed by atoms with E-state index in [1.54, 1.807) is 29.2 Å². The minimum absolute atomic E-state index is 0.227. The number of ether oxygens (including phenoxy) is 1. The maximum absolute atomic E-state index is 12.8. The van der Waals surface area contributed by atoms with Crippen molar-refractivity contribution in [3.63, 3.8) is 0 Å². The van der Waals surface area contributed by atoms with Gasteiger partial charge < -0.3 is 9.64 Å². The number of carbonyl (C=O) groups is 3. The molecule has 2 aliphatic heterocycles. The molecule has 0 aliphatic carbocycles. The van der Waals surface area contributed by atoms with Gasteiger partial charge in [-0.2, -0.15) is 0 Å². The molecular formula is C24H21BrN2O4S. The highest BCUT2D eigenvalue weighted by Gasteiger charge is 2.37. The van der Waals surface area contributed by atoms with Crippen molar-refractivity contribution in [2.24, 2.45) is 0 Å². The number of halogens is 1. The number of rotatable bonds is 6. The quantitative estimate of drug-likeness (QED) is 0.416. The first-order valence-electron chi connectivity index (χ1n) is 10.1. The largest absolute Gasteiger partial charge is 0.488 e. The van der Waals surface area contributed by atoms with Gasteiger partial charge in [0.05, 0.1) is 9.38 Å². The number of amides is 3. The van der Waals surface area contributed by atoms with E-state index in [1.165, 1.54) is 5.56 Å². The Balaban J connectivity index is 1.43. The zero-order chi connectivity index (χ0) is 22.7. The molecule has 1 saturated heterocycles. The lowest BCUT2D eigenvalue weighted by Crippen LogP contribution is -2.44. The van der Waals surface area contributed by atoms with Crippen molar-refractivity contribution < 1.29 is 19.1 Å². The van der Waals surface area contributed by atoms with Crippen LogP contribution in [0.1, 0.15) is 16.7 Å². The molecule has 1 fully saturated rings. The number of fused-ring (bicyclic) bond motifs is 1. The second-order valence-corrected chi connectivity index (χ2v) is 9.24. The van der Waals surface area contributed by atoms with Crippen molar-refractivity contribution in [3.8, 4) is 5.75 Å². The van der Waals surface area contributed by atoms with Crippen LogP contribution in [0.15, 0.2) is 64.5 Å². The summed E-state index contributed by atoms with van der Waals surface area (Å²) >= 11 is 4.29. The standard InChI is InChI=1S/C24H21BrN2O4S/c1-2-11-31-20-8-7-16(12-19(20)25)13-21-23(29)27(24(30)32-21)15-22(28)26-10-9-17-5-3-4-6-18(17)14-26/h2-8,12-13H,1,9-11,14-15H2/b21-13-. The number of benzene rings is 2. The molecule has 0 bridgehead atoms.